The van der Waals surface area contributed by atoms with E-state index in [1.165, 1.54) is 18.2 Å². The minimum absolute atomic E-state index is 0.104. The van der Waals surface area contributed by atoms with Gasteiger partial charge in [-0.2, -0.15) is 0 Å². The minimum Gasteiger partial charge on any atom is -0.354 e. The first kappa shape index (κ1) is 21.6. The topological polar surface area (TPSA) is 87.3 Å². The Hall–Kier alpha value is -2.74. The fraction of sp³-hybridized carbons (Fsp3) is 0.350. The Bertz CT molecular complexity index is 866. The molecule has 1 heterocycles. The van der Waals surface area contributed by atoms with Crippen LogP contribution in [0.3, 0.4) is 0 Å². The van der Waals surface area contributed by atoms with Gasteiger partial charge in [0.25, 0.3) is 11.8 Å². The summed E-state index contributed by atoms with van der Waals surface area (Å²) in [7, 11) is 0. The predicted molar refractivity (Wildman–Crippen MR) is 108 cm³/mol. The summed E-state index contributed by atoms with van der Waals surface area (Å²) < 4.78 is 13.2. The SMILES string of the molecule is CCC(C)NC(=O)CCNC(=O)c1sc(NC(=O)c2cccc(F)c2)cc1C. The van der Waals surface area contributed by atoms with E-state index in [-0.39, 0.29) is 36.4 Å². The van der Waals surface area contributed by atoms with E-state index in [2.05, 4.69) is 16.0 Å². The number of anilines is 1. The number of thiophene rings is 1. The number of hydrogen-bond donors (Lipinski definition) is 3. The number of halogens is 1. The van der Waals surface area contributed by atoms with Crippen molar-refractivity contribution in [3.63, 3.8) is 0 Å². The first-order valence-corrected chi connectivity index (χ1v) is 9.86. The molecule has 0 fully saturated rings. The molecule has 0 aliphatic rings. The minimum atomic E-state index is -0.493. The van der Waals surface area contributed by atoms with E-state index in [1.807, 2.05) is 13.8 Å². The lowest BCUT2D eigenvalue weighted by atomic mass is 10.2. The smallest absolute Gasteiger partial charge is 0.261 e. The average molecular weight is 405 g/mol. The molecule has 0 spiro atoms. The fourth-order valence-electron chi connectivity index (χ4n) is 2.40. The van der Waals surface area contributed by atoms with Crippen LogP contribution in [0.5, 0.6) is 0 Å². The largest absolute Gasteiger partial charge is 0.354 e. The molecule has 3 amide bonds. The molecule has 8 heteroatoms. The first-order chi connectivity index (χ1) is 13.3. The summed E-state index contributed by atoms with van der Waals surface area (Å²) in [4.78, 5) is 36.7. The number of amides is 3. The van der Waals surface area contributed by atoms with Gasteiger partial charge in [-0.3, -0.25) is 14.4 Å². The van der Waals surface area contributed by atoms with E-state index in [1.54, 1.807) is 13.0 Å². The maximum Gasteiger partial charge on any atom is 0.261 e. The van der Waals surface area contributed by atoms with Crippen LogP contribution in [0, 0.1) is 12.7 Å². The Balaban J connectivity index is 1.91. The molecular formula is C20H24FN3O3S. The highest BCUT2D eigenvalue weighted by atomic mass is 32.1. The van der Waals surface area contributed by atoms with Gasteiger partial charge >= 0.3 is 0 Å². The van der Waals surface area contributed by atoms with Gasteiger partial charge in [-0.25, -0.2) is 4.39 Å². The van der Waals surface area contributed by atoms with E-state index >= 15 is 0 Å². The van der Waals surface area contributed by atoms with Crippen molar-refractivity contribution in [2.75, 3.05) is 11.9 Å². The van der Waals surface area contributed by atoms with Crippen molar-refractivity contribution in [1.82, 2.24) is 10.6 Å². The van der Waals surface area contributed by atoms with Crippen LogP contribution in [0.1, 0.15) is 52.3 Å². The van der Waals surface area contributed by atoms with E-state index in [0.717, 1.165) is 23.8 Å². The van der Waals surface area contributed by atoms with Crippen LogP contribution < -0.4 is 16.0 Å². The molecule has 28 heavy (non-hydrogen) atoms. The number of rotatable bonds is 8. The van der Waals surface area contributed by atoms with E-state index in [9.17, 15) is 18.8 Å². The summed E-state index contributed by atoms with van der Waals surface area (Å²) in [6, 6.07) is 7.17. The molecule has 3 N–H and O–H groups in total. The van der Waals surface area contributed by atoms with Crippen molar-refractivity contribution >= 4 is 34.1 Å². The van der Waals surface area contributed by atoms with Crippen molar-refractivity contribution in [1.29, 1.82) is 0 Å². The highest BCUT2D eigenvalue weighted by Crippen LogP contribution is 2.27. The van der Waals surface area contributed by atoms with Gasteiger partial charge in [0, 0.05) is 24.6 Å². The number of carbonyl (C=O) groups excluding carboxylic acids is 3. The Morgan fingerprint density at radius 2 is 1.93 bits per heavy atom. The summed E-state index contributed by atoms with van der Waals surface area (Å²) in [5.41, 5.74) is 0.908. The second kappa shape index (κ2) is 9.98. The highest BCUT2D eigenvalue weighted by molar-refractivity contribution is 7.18. The molecule has 0 aliphatic heterocycles. The normalized spacial score (nSPS) is 11.6. The third-order valence-electron chi connectivity index (χ3n) is 4.10. The Kier molecular flexibility index (Phi) is 7.69. The van der Waals surface area contributed by atoms with Gasteiger partial charge in [0.15, 0.2) is 0 Å². The summed E-state index contributed by atoms with van der Waals surface area (Å²) in [5, 5.41) is 8.72. The van der Waals surface area contributed by atoms with Crippen molar-refractivity contribution < 1.29 is 18.8 Å². The van der Waals surface area contributed by atoms with Gasteiger partial charge < -0.3 is 16.0 Å². The maximum atomic E-state index is 13.2. The van der Waals surface area contributed by atoms with Crippen LogP contribution in [-0.4, -0.2) is 30.3 Å². The van der Waals surface area contributed by atoms with Crippen molar-refractivity contribution in [2.24, 2.45) is 0 Å². The molecule has 1 unspecified atom stereocenters. The molecular weight excluding hydrogens is 381 g/mol. The zero-order valence-electron chi connectivity index (χ0n) is 16.1. The molecule has 0 saturated heterocycles. The monoisotopic (exact) mass is 405 g/mol. The standard InChI is InChI=1S/C20H24FN3O3S/c1-4-13(3)23-16(25)8-9-22-20(27)18-12(2)10-17(28-18)24-19(26)14-6-5-7-15(21)11-14/h5-7,10-11,13H,4,8-9H2,1-3H3,(H,22,27)(H,23,25)(H,24,26). The summed E-state index contributed by atoms with van der Waals surface area (Å²) in [5.74, 6) is -1.35. The molecule has 2 aromatic rings. The van der Waals surface area contributed by atoms with Crippen LogP contribution in [0.2, 0.25) is 0 Å². The highest BCUT2D eigenvalue weighted by Gasteiger charge is 2.16. The summed E-state index contributed by atoms with van der Waals surface area (Å²) in [6.45, 7) is 5.89. The molecule has 0 aliphatic carbocycles. The van der Waals surface area contributed by atoms with Crippen LogP contribution in [0.4, 0.5) is 9.39 Å². The third-order valence-corrected chi connectivity index (χ3v) is 5.26. The van der Waals surface area contributed by atoms with Crippen LogP contribution in [0.15, 0.2) is 30.3 Å². The molecule has 1 aromatic carbocycles. The Morgan fingerprint density at radius 1 is 1.18 bits per heavy atom. The van der Waals surface area contributed by atoms with E-state index < -0.39 is 11.7 Å². The molecule has 6 nitrogen and oxygen atoms in total. The second-order valence-electron chi connectivity index (χ2n) is 6.47. The third kappa shape index (κ3) is 6.16. The van der Waals surface area contributed by atoms with Gasteiger partial charge in [-0.05, 0) is 50.1 Å². The molecule has 0 saturated carbocycles. The molecule has 1 atom stereocenters. The number of hydrogen-bond acceptors (Lipinski definition) is 4. The maximum absolute atomic E-state index is 13.2. The number of nitrogens with one attached hydrogen (secondary N) is 3. The molecule has 1 aromatic heterocycles. The van der Waals surface area contributed by atoms with Crippen molar-refractivity contribution in [2.45, 2.75) is 39.7 Å². The quantitative estimate of drug-likeness (QED) is 0.628. The number of aryl methyl sites for hydroxylation is 1. The zero-order valence-corrected chi connectivity index (χ0v) is 16.9. The lowest BCUT2D eigenvalue weighted by Gasteiger charge is -2.11. The first-order valence-electron chi connectivity index (χ1n) is 9.05. The zero-order chi connectivity index (χ0) is 20.7. The van der Waals surface area contributed by atoms with Crippen molar-refractivity contribution in [3.8, 4) is 0 Å². The van der Waals surface area contributed by atoms with Crippen LogP contribution >= 0.6 is 11.3 Å². The van der Waals surface area contributed by atoms with Crippen LogP contribution in [0.25, 0.3) is 0 Å². The molecule has 0 bridgehead atoms. The molecule has 150 valence electrons. The molecule has 0 radical (unpaired) electrons. The number of benzene rings is 1. The predicted octanol–water partition coefficient (Wildman–Crippen LogP) is 3.48. The summed E-state index contributed by atoms with van der Waals surface area (Å²) in [6.07, 6.45) is 1.04. The van der Waals surface area contributed by atoms with Crippen molar-refractivity contribution in [3.05, 3.63) is 52.2 Å². The second-order valence-corrected chi connectivity index (χ2v) is 7.52. The van der Waals surface area contributed by atoms with Gasteiger partial charge in [0.1, 0.15) is 5.82 Å². The van der Waals surface area contributed by atoms with Gasteiger partial charge in [-0.15, -0.1) is 11.3 Å². The molecule has 2 rings (SSSR count). The van der Waals surface area contributed by atoms with Gasteiger partial charge in [0.05, 0.1) is 9.88 Å². The van der Waals surface area contributed by atoms with E-state index in [4.69, 9.17) is 0 Å². The Labute approximate surface area is 167 Å². The lowest BCUT2D eigenvalue weighted by Crippen LogP contribution is -2.35. The Morgan fingerprint density at radius 3 is 2.61 bits per heavy atom. The van der Waals surface area contributed by atoms with Gasteiger partial charge in [-0.1, -0.05) is 13.0 Å². The van der Waals surface area contributed by atoms with Crippen LogP contribution in [-0.2, 0) is 4.79 Å². The average Bonchev–Trinajstić information content (AvgIpc) is 3.01. The lowest BCUT2D eigenvalue weighted by molar-refractivity contribution is -0.121. The van der Waals surface area contributed by atoms with Gasteiger partial charge in [0.2, 0.25) is 5.91 Å². The summed E-state index contributed by atoms with van der Waals surface area (Å²) >= 11 is 1.13. The van der Waals surface area contributed by atoms with E-state index in [0.29, 0.717) is 15.4 Å². The fourth-order valence-corrected chi connectivity index (χ4v) is 3.39. The number of carbonyl (C=O) groups is 3.